The second-order valence-electron chi connectivity index (χ2n) is 6.11. The lowest BCUT2D eigenvalue weighted by atomic mass is 10.1. The molecule has 1 rings (SSSR count). The molecule has 9 heteroatoms. The number of esters is 1. The van der Waals surface area contributed by atoms with Crippen molar-refractivity contribution in [2.75, 3.05) is 18.9 Å². The lowest BCUT2D eigenvalue weighted by Gasteiger charge is -2.24. The van der Waals surface area contributed by atoms with Crippen molar-refractivity contribution in [2.45, 2.75) is 53.5 Å². The third-order valence-corrected chi connectivity index (χ3v) is 4.82. The first-order valence-corrected chi connectivity index (χ1v) is 10.0. The second-order valence-corrected chi connectivity index (χ2v) is 7.12. The van der Waals surface area contributed by atoms with Crippen molar-refractivity contribution in [1.82, 2.24) is 4.90 Å². The molecule has 160 valence electrons. The fourth-order valence-electron chi connectivity index (χ4n) is 2.12. The van der Waals surface area contributed by atoms with Crippen LogP contribution >= 0.6 is 11.8 Å². The van der Waals surface area contributed by atoms with E-state index in [0.29, 0.717) is 5.75 Å². The molecule has 1 fully saturated rings. The van der Waals surface area contributed by atoms with Crippen LogP contribution < -0.4 is 5.73 Å². The number of rotatable bonds is 7. The van der Waals surface area contributed by atoms with E-state index in [1.807, 2.05) is 0 Å². The number of Topliss-reactive ketones (excluding diaryl/α,β-unsaturated/α-hetero) is 1. The Labute approximate surface area is 168 Å². The van der Waals surface area contributed by atoms with Crippen LogP contribution in [0.1, 0.15) is 47.5 Å². The lowest BCUT2D eigenvalue weighted by molar-refractivity contribution is -0.140. The van der Waals surface area contributed by atoms with Crippen molar-refractivity contribution in [2.24, 2.45) is 5.73 Å². The van der Waals surface area contributed by atoms with Gasteiger partial charge in [0.05, 0.1) is 24.6 Å². The molecular formula is C19H29F3N2O3S. The fourth-order valence-corrected chi connectivity index (χ4v) is 3.45. The van der Waals surface area contributed by atoms with E-state index in [9.17, 15) is 22.8 Å². The summed E-state index contributed by atoms with van der Waals surface area (Å²) in [6.07, 6.45) is 0.566. The van der Waals surface area contributed by atoms with Crippen LogP contribution in [0, 0.1) is 0 Å². The largest absolute Gasteiger partial charge is 0.462 e. The van der Waals surface area contributed by atoms with Gasteiger partial charge in [-0.05, 0) is 20.8 Å². The number of nitrogens with two attached hydrogens (primary N) is 1. The van der Waals surface area contributed by atoms with Gasteiger partial charge in [0.2, 0.25) is 0 Å². The summed E-state index contributed by atoms with van der Waals surface area (Å²) in [7, 11) is 0. The molecule has 1 saturated heterocycles. The Morgan fingerprint density at radius 3 is 2.36 bits per heavy atom. The van der Waals surface area contributed by atoms with E-state index in [0.717, 1.165) is 18.7 Å². The van der Waals surface area contributed by atoms with Crippen LogP contribution in [0.5, 0.6) is 0 Å². The van der Waals surface area contributed by atoms with Gasteiger partial charge in [-0.2, -0.15) is 0 Å². The van der Waals surface area contributed by atoms with Gasteiger partial charge in [-0.25, -0.2) is 18.0 Å². The van der Waals surface area contributed by atoms with Crippen LogP contribution in [-0.2, 0) is 14.3 Å². The zero-order valence-corrected chi connectivity index (χ0v) is 17.8. The summed E-state index contributed by atoms with van der Waals surface area (Å²) in [6.45, 7) is 8.26. The summed E-state index contributed by atoms with van der Waals surface area (Å²) in [5, 5.41) is 0.178. The lowest BCUT2D eigenvalue weighted by Crippen LogP contribution is -2.31. The average molecular weight is 423 g/mol. The Morgan fingerprint density at radius 1 is 1.32 bits per heavy atom. The molecule has 5 nitrogen and oxygen atoms in total. The molecule has 0 aliphatic carbocycles. The molecule has 0 bridgehead atoms. The molecule has 1 unspecified atom stereocenters. The van der Waals surface area contributed by atoms with Crippen LogP contribution in [0.3, 0.4) is 0 Å². The van der Waals surface area contributed by atoms with E-state index in [2.05, 4.69) is 13.8 Å². The van der Waals surface area contributed by atoms with Crippen molar-refractivity contribution >= 4 is 23.5 Å². The number of carbonyl (C=O) groups excluding carboxylic acids is 2. The first-order valence-electron chi connectivity index (χ1n) is 9.03. The van der Waals surface area contributed by atoms with Gasteiger partial charge in [0, 0.05) is 17.5 Å². The number of ether oxygens (including phenoxy) is 1. The fraction of sp³-hybridized carbons (Fsp3) is 0.579. The number of hydrogen-bond donors (Lipinski definition) is 1. The van der Waals surface area contributed by atoms with Gasteiger partial charge in [-0.3, -0.25) is 4.79 Å². The van der Waals surface area contributed by atoms with Gasteiger partial charge in [-0.15, -0.1) is 11.8 Å². The minimum atomic E-state index is -1.04. The number of halogens is 3. The van der Waals surface area contributed by atoms with Crippen molar-refractivity contribution in [3.8, 4) is 0 Å². The number of carbonyl (C=O) groups is 2. The summed E-state index contributed by atoms with van der Waals surface area (Å²) >= 11 is 1.15. The topological polar surface area (TPSA) is 72.6 Å². The van der Waals surface area contributed by atoms with E-state index >= 15 is 0 Å². The van der Waals surface area contributed by atoms with Gasteiger partial charge in [-0.1, -0.05) is 20.3 Å². The van der Waals surface area contributed by atoms with Crippen LogP contribution in [0.25, 0.3) is 0 Å². The van der Waals surface area contributed by atoms with Gasteiger partial charge >= 0.3 is 5.97 Å². The van der Waals surface area contributed by atoms with Crippen LogP contribution in [0.15, 0.2) is 34.3 Å². The molecule has 1 heterocycles. The number of thioether (sulfide) groups is 1. The first-order chi connectivity index (χ1) is 13.1. The minimum Gasteiger partial charge on any atom is -0.462 e. The molecule has 1 aliphatic heterocycles. The van der Waals surface area contributed by atoms with Gasteiger partial charge in [0.15, 0.2) is 5.78 Å². The summed E-state index contributed by atoms with van der Waals surface area (Å²) < 4.78 is 43.8. The summed E-state index contributed by atoms with van der Waals surface area (Å²) in [6, 6.07) is -0.237. The number of nitrogens with zero attached hydrogens (tertiary/aromatic N) is 1. The van der Waals surface area contributed by atoms with Crippen molar-refractivity contribution in [1.29, 1.82) is 0 Å². The van der Waals surface area contributed by atoms with Crippen molar-refractivity contribution in [3.63, 3.8) is 0 Å². The SMILES string of the molecule is CCC.CCOC(=O)/C(C(=O)C/C(N)=C(\C)F)=C1\SCC(C)N1C/C(F)=C/F. The first kappa shape index (κ1) is 26.1. The standard InChI is InChI=1S/C16H21F3N2O3S.C3H8/c1-4-24-16(23)14(13(22)5-12(20)10(3)18)15-21(7-11(19)6-17)9(2)8-25-15;1-3-2/h6,9H,4-5,7-8,20H2,1-3H3;3H2,1-2H3/b11-6-,12-10-,15-14-;. The summed E-state index contributed by atoms with van der Waals surface area (Å²) in [4.78, 5) is 26.2. The molecule has 0 aromatic heterocycles. The molecule has 2 N–H and O–H groups in total. The number of hydrogen-bond acceptors (Lipinski definition) is 6. The zero-order chi connectivity index (χ0) is 21.9. The molecule has 0 saturated carbocycles. The summed E-state index contributed by atoms with van der Waals surface area (Å²) in [5.41, 5.74) is 4.83. The molecule has 28 heavy (non-hydrogen) atoms. The average Bonchev–Trinajstić information content (AvgIpc) is 2.96. The maximum absolute atomic E-state index is 13.4. The maximum atomic E-state index is 13.4. The Balaban J connectivity index is 0.00000227. The molecule has 0 amide bonds. The van der Waals surface area contributed by atoms with Crippen LogP contribution in [0.4, 0.5) is 13.2 Å². The van der Waals surface area contributed by atoms with Crippen molar-refractivity contribution in [3.05, 3.63) is 34.3 Å². The molecule has 1 aliphatic rings. The highest BCUT2D eigenvalue weighted by molar-refractivity contribution is 8.03. The number of allylic oxidation sites excluding steroid dienone is 2. The van der Waals surface area contributed by atoms with Gasteiger partial charge in [0.25, 0.3) is 0 Å². The van der Waals surface area contributed by atoms with E-state index in [-0.39, 0.29) is 35.3 Å². The van der Waals surface area contributed by atoms with Crippen molar-refractivity contribution < 1.29 is 27.5 Å². The van der Waals surface area contributed by atoms with Crippen LogP contribution in [0.2, 0.25) is 0 Å². The number of ketones is 1. The predicted molar refractivity (Wildman–Crippen MR) is 106 cm³/mol. The normalized spacial score (nSPS) is 19.5. The summed E-state index contributed by atoms with van der Waals surface area (Å²) in [5.74, 6) is -2.93. The zero-order valence-electron chi connectivity index (χ0n) is 17.0. The third-order valence-electron chi connectivity index (χ3n) is 3.46. The Kier molecular flexibility index (Phi) is 12.4. The van der Waals surface area contributed by atoms with E-state index in [4.69, 9.17) is 10.5 Å². The minimum absolute atomic E-state index is 0.0231. The highest BCUT2D eigenvalue weighted by Crippen LogP contribution is 2.36. The second kappa shape index (κ2) is 13.3. The highest BCUT2D eigenvalue weighted by atomic mass is 32.2. The van der Waals surface area contributed by atoms with Gasteiger partial charge < -0.3 is 15.4 Å². The Bertz CT molecular complexity index is 644. The van der Waals surface area contributed by atoms with Gasteiger partial charge in [0.1, 0.15) is 23.6 Å². The molecule has 0 aromatic carbocycles. The Morgan fingerprint density at radius 2 is 1.89 bits per heavy atom. The third kappa shape index (κ3) is 8.00. The van der Waals surface area contributed by atoms with E-state index in [1.54, 1.807) is 13.8 Å². The monoisotopic (exact) mass is 422 g/mol. The smallest absolute Gasteiger partial charge is 0.344 e. The molecular weight excluding hydrogens is 393 g/mol. The molecule has 0 aromatic rings. The molecule has 0 spiro atoms. The van der Waals surface area contributed by atoms with E-state index in [1.165, 1.54) is 11.3 Å². The predicted octanol–water partition coefficient (Wildman–Crippen LogP) is 4.51. The maximum Gasteiger partial charge on any atom is 0.344 e. The quantitative estimate of drug-likeness (QED) is 0.282. The molecule has 1 atom stereocenters. The van der Waals surface area contributed by atoms with Crippen LogP contribution in [-0.4, -0.2) is 41.6 Å². The van der Waals surface area contributed by atoms with E-state index < -0.39 is 36.4 Å². The highest BCUT2D eigenvalue weighted by Gasteiger charge is 2.35. The molecule has 0 radical (unpaired) electrons. The Hall–Kier alpha value is -1.90.